The second-order valence-electron chi connectivity index (χ2n) is 14.5. The molecule has 0 saturated carbocycles. The molecule has 0 saturated heterocycles. The van der Waals surface area contributed by atoms with E-state index in [1.54, 1.807) is 0 Å². The van der Waals surface area contributed by atoms with Crippen molar-refractivity contribution in [2.24, 2.45) is 5.92 Å². The smallest absolute Gasteiger partial charge is 0.222 e. The van der Waals surface area contributed by atoms with Crippen LogP contribution in [0.4, 0.5) is 0 Å². The minimum absolute atomic E-state index is 0.171. The van der Waals surface area contributed by atoms with E-state index in [0.717, 1.165) is 25.7 Å². The van der Waals surface area contributed by atoms with Crippen LogP contribution in [0.5, 0.6) is 0 Å². The Hall–Kier alpha value is -0.610. The highest BCUT2D eigenvalue weighted by atomic mass is 16.3. The molecule has 0 heterocycles. The molecule has 0 aliphatic heterocycles. The molecule has 2 N–H and O–H groups in total. The number of unbranched alkanes of at least 4 members (excludes halogenated alkanes) is 27. The largest absolute Gasteiger partial charge is 0.394 e. The van der Waals surface area contributed by atoms with Crippen LogP contribution < -0.4 is 0 Å². The summed E-state index contributed by atoms with van der Waals surface area (Å²) in [6.07, 6.45) is 41.2. The maximum absolute atomic E-state index is 13.2. The fourth-order valence-electron chi connectivity index (χ4n) is 6.76. The number of aliphatic hydroxyl groups is 2. The van der Waals surface area contributed by atoms with Crippen molar-refractivity contribution in [1.29, 1.82) is 0 Å². The van der Waals surface area contributed by atoms with Gasteiger partial charge in [-0.05, 0) is 18.8 Å². The van der Waals surface area contributed by atoms with Gasteiger partial charge in [0.15, 0.2) is 0 Å². The Balaban J connectivity index is 3.92. The molecular weight excluding hydrogens is 554 g/mol. The lowest BCUT2D eigenvalue weighted by Gasteiger charge is -2.27. The molecule has 0 radical (unpaired) electrons. The molecular formula is C41H83NO3. The van der Waals surface area contributed by atoms with E-state index in [-0.39, 0.29) is 19.1 Å². The number of amides is 1. The standard InChI is InChI=1S/C41H83NO3/c1-4-7-9-11-13-15-17-18-19-20-21-22-23-25-27-29-31-33-35-42(37-40(44)38-43)41(45)36-39(6-3)34-32-30-28-26-24-16-14-12-10-8-5-2/h39-40,43-44H,4-38H2,1-3H3. The summed E-state index contributed by atoms with van der Waals surface area (Å²) in [7, 11) is 0. The van der Waals surface area contributed by atoms with Gasteiger partial charge >= 0.3 is 0 Å². The van der Waals surface area contributed by atoms with E-state index in [4.69, 9.17) is 0 Å². The van der Waals surface area contributed by atoms with Gasteiger partial charge in [0.2, 0.25) is 5.91 Å². The molecule has 2 atom stereocenters. The van der Waals surface area contributed by atoms with Gasteiger partial charge in [-0.2, -0.15) is 0 Å². The fourth-order valence-corrected chi connectivity index (χ4v) is 6.76. The summed E-state index contributed by atoms with van der Waals surface area (Å²) in [5, 5.41) is 19.5. The monoisotopic (exact) mass is 638 g/mol. The predicted octanol–water partition coefficient (Wildman–Crippen LogP) is 12.3. The average molecular weight is 638 g/mol. The first-order valence-electron chi connectivity index (χ1n) is 20.7. The van der Waals surface area contributed by atoms with Gasteiger partial charge in [-0.15, -0.1) is 0 Å². The number of rotatable bonds is 37. The molecule has 0 bridgehead atoms. The van der Waals surface area contributed by atoms with Crippen LogP contribution >= 0.6 is 0 Å². The summed E-state index contributed by atoms with van der Waals surface area (Å²) in [4.78, 5) is 15.1. The van der Waals surface area contributed by atoms with Crippen LogP contribution in [0.3, 0.4) is 0 Å². The molecule has 0 aromatic rings. The molecule has 0 spiro atoms. The quantitative estimate of drug-likeness (QED) is 0.0666. The van der Waals surface area contributed by atoms with E-state index in [0.29, 0.717) is 18.9 Å². The Bertz CT molecular complexity index is 583. The van der Waals surface area contributed by atoms with Crippen molar-refractivity contribution in [3.05, 3.63) is 0 Å². The van der Waals surface area contributed by atoms with Gasteiger partial charge in [-0.3, -0.25) is 4.79 Å². The zero-order valence-electron chi connectivity index (χ0n) is 31.2. The first-order chi connectivity index (χ1) is 22.1. The van der Waals surface area contributed by atoms with E-state index in [1.165, 1.54) is 173 Å². The van der Waals surface area contributed by atoms with Crippen molar-refractivity contribution in [3.63, 3.8) is 0 Å². The van der Waals surface area contributed by atoms with Crippen LogP contribution in [0.25, 0.3) is 0 Å². The predicted molar refractivity (Wildman–Crippen MR) is 198 cm³/mol. The zero-order valence-corrected chi connectivity index (χ0v) is 31.2. The fraction of sp³-hybridized carbons (Fsp3) is 0.976. The van der Waals surface area contributed by atoms with Crippen molar-refractivity contribution in [3.8, 4) is 0 Å². The summed E-state index contributed by atoms with van der Waals surface area (Å²) >= 11 is 0. The number of nitrogens with zero attached hydrogens (tertiary/aromatic N) is 1. The third kappa shape index (κ3) is 31.7. The number of hydrogen-bond acceptors (Lipinski definition) is 3. The topological polar surface area (TPSA) is 60.8 Å². The maximum Gasteiger partial charge on any atom is 0.222 e. The van der Waals surface area contributed by atoms with Crippen LogP contribution in [0.15, 0.2) is 0 Å². The lowest BCUT2D eigenvalue weighted by Crippen LogP contribution is -2.40. The average Bonchev–Trinajstić information content (AvgIpc) is 3.05. The van der Waals surface area contributed by atoms with Gasteiger partial charge in [0, 0.05) is 19.5 Å². The van der Waals surface area contributed by atoms with Crippen molar-refractivity contribution >= 4 is 5.91 Å². The van der Waals surface area contributed by atoms with Gasteiger partial charge in [0.05, 0.1) is 12.7 Å². The highest BCUT2D eigenvalue weighted by Gasteiger charge is 2.20. The van der Waals surface area contributed by atoms with Gasteiger partial charge in [0.25, 0.3) is 0 Å². The molecule has 0 aromatic heterocycles. The molecule has 0 rings (SSSR count). The number of carbonyl (C=O) groups excluding carboxylic acids is 1. The van der Waals surface area contributed by atoms with Crippen LogP contribution in [0.2, 0.25) is 0 Å². The summed E-state index contributed by atoms with van der Waals surface area (Å²) in [5.74, 6) is 0.606. The van der Waals surface area contributed by atoms with Crippen LogP contribution in [0.1, 0.15) is 226 Å². The second kappa shape index (κ2) is 36.2. The van der Waals surface area contributed by atoms with Crippen molar-refractivity contribution in [2.45, 2.75) is 232 Å². The third-order valence-electron chi connectivity index (χ3n) is 10.0. The maximum atomic E-state index is 13.2. The molecule has 0 aliphatic rings. The summed E-state index contributed by atoms with van der Waals surface area (Å²) in [6.45, 7) is 7.48. The molecule has 4 heteroatoms. The molecule has 4 nitrogen and oxygen atoms in total. The van der Waals surface area contributed by atoms with Gasteiger partial charge in [-0.1, -0.05) is 207 Å². The Kier molecular flexibility index (Phi) is 35.7. The molecule has 0 fully saturated rings. The third-order valence-corrected chi connectivity index (χ3v) is 10.0. The highest BCUT2D eigenvalue weighted by Crippen LogP contribution is 2.21. The number of hydrogen-bond donors (Lipinski definition) is 2. The van der Waals surface area contributed by atoms with Crippen molar-refractivity contribution in [2.75, 3.05) is 19.7 Å². The second-order valence-corrected chi connectivity index (χ2v) is 14.5. The lowest BCUT2D eigenvalue weighted by molar-refractivity contribution is -0.134. The van der Waals surface area contributed by atoms with Crippen LogP contribution in [-0.4, -0.2) is 46.8 Å². The molecule has 270 valence electrons. The Labute approximate surface area is 283 Å². The zero-order chi connectivity index (χ0) is 33.1. The first-order valence-corrected chi connectivity index (χ1v) is 20.7. The van der Waals surface area contributed by atoms with Crippen LogP contribution in [-0.2, 0) is 4.79 Å². The molecule has 0 aromatic carbocycles. The lowest BCUT2D eigenvalue weighted by atomic mass is 9.94. The normalized spacial score (nSPS) is 12.9. The minimum Gasteiger partial charge on any atom is -0.394 e. The molecule has 1 amide bonds. The van der Waals surface area contributed by atoms with Gasteiger partial charge in [-0.25, -0.2) is 0 Å². The number of aliphatic hydroxyl groups excluding tert-OH is 2. The van der Waals surface area contributed by atoms with Crippen molar-refractivity contribution < 1.29 is 15.0 Å². The molecule has 2 unspecified atom stereocenters. The Morgan fingerprint density at radius 1 is 0.511 bits per heavy atom. The van der Waals surface area contributed by atoms with E-state index in [1.807, 2.05) is 4.90 Å². The van der Waals surface area contributed by atoms with Gasteiger partial charge < -0.3 is 15.1 Å². The highest BCUT2D eigenvalue weighted by molar-refractivity contribution is 5.76. The summed E-state index contributed by atoms with van der Waals surface area (Å²) < 4.78 is 0. The van der Waals surface area contributed by atoms with Crippen molar-refractivity contribution in [1.82, 2.24) is 4.90 Å². The van der Waals surface area contributed by atoms with E-state index >= 15 is 0 Å². The SMILES string of the molecule is CCCCCCCCCCCCCCCCCCCCN(CC(O)CO)C(=O)CC(CC)CCCCCCCCCCCCC. The Morgan fingerprint density at radius 2 is 0.844 bits per heavy atom. The number of carbonyl (C=O) groups is 1. The molecule has 0 aliphatic carbocycles. The van der Waals surface area contributed by atoms with Crippen LogP contribution in [0, 0.1) is 5.92 Å². The van der Waals surface area contributed by atoms with E-state index in [2.05, 4.69) is 20.8 Å². The van der Waals surface area contributed by atoms with Gasteiger partial charge in [0.1, 0.15) is 0 Å². The molecule has 45 heavy (non-hydrogen) atoms. The first kappa shape index (κ1) is 44.4. The Morgan fingerprint density at radius 3 is 1.18 bits per heavy atom. The summed E-state index contributed by atoms with van der Waals surface area (Å²) in [5.41, 5.74) is 0. The van der Waals surface area contributed by atoms with E-state index in [9.17, 15) is 15.0 Å². The minimum atomic E-state index is -0.837. The summed E-state index contributed by atoms with van der Waals surface area (Å²) in [6, 6.07) is 0. The van der Waals surface area contributed by atoms with E-state index < -0.39 is 6.10 Å².